The lowest BCUT2D eigenvalue weighted by Crippen LogP contribution is -2.25. The molecule has 0 aliphatic heterocycles. The Morgan fingerprint density at radius 2 is 1.78 bits per heavy atom. The normalized spacial score (nSPS) is 10.4. The zero-order valence-corrected chi connectivity index (χ0v) is 14.6. The quantitative estimate of drug-likeness (QED) is 0.376. The number of amides is 1. The predicted octanol–water partition coefficient (Wildman–Crippen LogP) is 2.67. The molecule has 2 N–H and O–H groups in total. The van der Waals surface area contributed by atoms with Gasteiger partial charge < -0.3 is 15.2 Å². The molecule has 0 unspecified atom stereocenters. The van der Waals surface area contributed by atoms with E-state index in [-0.39, 0.29) is 11.1 Å². The van der Waals surface area contributed by atoms with Crippen molar-refractivity contribution in [3.63, 3.8) is 0 Å². The first kappa shape index (κ1) is 20.1. The molecular weight excluding hydrogens is 352 g/mol. The highest BCUT2D eigenvalue weighted by Crippen LogP contribution is 2.17. The fourth-order valence-corrected chi connectivity index (χ4v) is 2.39. The van der Waals surface area contributed by atoms with Crippen LogP contribution in [-0.4, -0.2) is 41.7 Å². The highest BCUT2D eigenvalue weighted by atomic mass is 16.6. The number of aromatic carboxylic acids is 1. The van der Waals surface area contributed by atoms with E-state index in [9.17, 15) is 19.7 Å². The van der Waals surface area contributed by atoms with Gasteiger partial charge >= 0.3 is 5.97 Å². The van der Waals surface area contributed by atoms with Crippen LogP contribution in [0.15, 0.2) is 48.5 Å². The van der Waals surface area contributed by atoms with Crippen LogP contribution in [0.25, 0.3) is 0 Å². The molecule has 0 heterocycles. The zero-order valence-electron chi connectivity index (χ0n) is 14.6. The van der Waals surface area contributed by atoms with Gasteiger partial charge in [-0.3, -0.25) is 14.9 Å². The van der Waals surface area contributed by atoms with E-state index < -0.39 is 22.5 Å². The molecule has 27 heavy (non-hydrogen) atoms. The molecule has 8 nitrogen and oxygen atoms in total. The van der Waals surface area contributed by atoms with Gasteiger partial charge in [0.25, 0.3) is 11.6 Å². The fraction of sp³-hybridized carbons (Fsp3) is 0.263. The second-order valence-corrected chi connectivity index (χ2v) is 5.79. The fourth-order valence-electron chi connectivity index (χ4n) is 2.39. The summed E-state index contributed by atoms with van der Waals surface area (Å²) in [5.74, 6) is -1.90. The molecule has 142 valence electrons. The van der Waals surface area contributed by atoms with E-state index in [2.05, 4.69) is 5.32 Å². The molecule has 2 aromatic rings. The van der Waals surface area contributed by atoms with Crippen LogP contribution in [0, 0.1) is 10.1 Å². The average molecular weight is 372 g/mol. The molecule has 0 aliphatic carbocycles. The Kier molecular flexibility index (Phi) is 7.45. The van der Waals surface area contributed by atoms with E-state index >= 15 is 0 Å². The van der Waals surface area contributed by atoms with Crippen molar-refractivity contribution >= 4 is 17.6 Å². The Morgan fingerprint density at radius 3 is 2.44 bits per heavy atom. The lowest BCUT2D eigenvalue weighted by atomic mass is 10.1. The molecule has 0 fully saturated rings. The maximum atomic E-state index is 12.1. The van der Waals surface area contributed by atoms with Gasteiger partial charge in [-0.1, -0.05) is 30.3 Å². The third kappa shape index (κ3) is 6.52. The SMILES string of the molecule is O=C(O)c1cc(C(=O)NCCCOCCc2ccccc2)cc([N+](=O)[O-])c1. The Hall–Kier alpha value is -3.26. The van der Waals surface area contributed by atoms with Gasteiger partial charge in [0.1, 0.15) is 0 Å². The van der Waals surface area contributed by atoms with E-state index in [0.29, 0.717) is 26.2 Å². The third-order valence-electron chi connectivity index (χ3n) is 3.77. The number of benzene rings is 2. The smallest absolute Gasteiger partial charge is 0.335 e. The van der Waals surface area contributed by atoms with Gasteiger partial charge in [0.05, 0.1) is 17.1 Å². The van der Waals surface area contributed by atoms with Crippen LogP contribution < -0.4 is 5.32 Å². The van der Waals surface area contributed by atoms with Crippen LogP contribution >= 0.6 is 0 Å². The third-order valence-corrected chi connectivity index (χ3v) is 3.77. The maximum absolute atomic E-state index is 12.1. The Morgan fingerprint density at radius 1 is 1.07 bits per heavy atom. The number of carbonyl (C=O) groups excluding carboxylic acids is 1. The minimum atomic E-state index is -1.33. The summed E-state index contributed by atoms with van der Waals surface area (Å²) in [5, 5.41) is 22.5. The summed E-state index contributed by atoms with van der Waals surface area (Å²) in [5.41, 5.74) is 0.375. The molecular formula is C19H20N2O6. The van der Waals surface area contributed by atoms with E-state index in [1.54, 1.807) is 0 Å². The molecule has 1 amide bonds. The summed E-state index contributed by atoms with van der Waals surface area (Å²) in [7, 11) is 0. The summed E-state index contributed by atoms with van der Waals surface area (Å²) in [6, 6.07) is 13.0. The number of nitro groups is 1. The lowest BCUT2D eigenvalue weighted by Gasteiger charge is -2.07. The maximum Gasteiger partial charge on any atom is 0.335 e. The Balaban J connectivity index is 1.75. The van der Waals surface area contributed by atoms with Gasteiger partial charge in [0.2, 0.25) is 0 Å². The number of hydrogen-bond acceptors (Lipinski definition) is 5. The van der Waals surface area contributed by atoms with E-state index in [0.717, 1.165) is 24.6 Å². The molecule has 0 radical (unpaired) electrons. The topological polar surface area (TPSA) is 119 Å². The number of carboxylic acids is 1. The number of nitrogens with one attached hydrogen (secondary N) is 1. The molecule has 2 aromatic carbocycles. The van der Waals surface area contributed by atoms with Crippen LogP contribution in [0.2, 0.25) is 0 Å². The summed E-state index contributed by atoms with van der Waals surface area (Å²) >= 11 is 0. The van der Waals surface area contributed by atoms with Crippen LogP contribution in [0.3, 0.4) is 0 Å². The first-order chi connectivity index (χ1) is 13.0. The largest absolute Gasteiger partial charge is 0.478 e. The molecule has 0 spiro atoms. The number of rotatable bonds is 10. The average Bonchev–Trinajstić information content (AvgIpc) is 2.67. The van der Waals surface area contributed by atoms with Crippen molar-refractivity contribution in [2.75, 3.05) is 19.8 Å². The number of nitro benzene ring substituents is 1. The number of nitrogens with zero attached hydrogens (tertiary/aromatic N) is 1. The van der Waals surface area contributed by atoms with E-state index in [1.165, 1.54) is 5.56 Å². The van der Waals surface area contributed by atoms with Crippen LogP contribution in [0.1, 0.15) is 32.7 Å². The highest BCUT2D eigenvalue weighted by molar-refractivity contribution is 5.98. The summed E-state index contributed by atoms with van der Waals surface area (Å²) in [4.78, 5) is 33.3. The number of carbonyl (C=O) groups is 2. The lowest BCUT2D eigenvalue weighted by molar-refractivity contribution is -0.384. The van der Waals surface area contributed by atoms with Crippen LogP contribution in [-0.2, 0) is 11.2 Å². The summed E-state index contributed by atoms with van der Waals surface area (Å²) in [6.07, 6.45) is 1.38. The van der Waals surface area contributed by atoms with Crippen molar-refractivity contribution in [2.24, 2.45) is 0 Å². The minimum absolute atomic E-state index is 0.0633. The van der Waals surface area contributed by atoms with Crippen molar-refractivity contribution in [3.05, 3.63) is 75.3 Å². The molecule has 0 aromatic heterocycles. The molecule has 8 heteroatoms. The molecule has 0 aliphatic rings. The van der Waals surface area contributed by atoms with Crippen molar-refractivity contribution < 1.29 is 24.4 Å². The van der Waals surface area contributed by atoms with Gasteiger partial charge in [0.15, 0.2) is 0 Å². The first-order valence-electron chi connectivity index (χ1n) is 8.40. The van der Waals surface area contributed by atoms with Gasteiger partial charge in [-0.2, -0.15) is 0 Å². The van der Waals surface area contributed by atoms with Gasteiger partial charge in [-0.05, 0) is 24.5 Å². The van der Waals surface area contributed by atoms with Crippen molar-refractivity contribution in [3.8, 4) is 0 Å². The molecule has 0 bridgehead atoms. The number of ether oxygens (including phenoxy) is 1. The molecule has 0 saturated heterocycles. The van der Waals surface area contributed by atoms with E-state index in [4.69, 9.17) is 9.84 Å². The Bertz CT molecular complexity index is 775. The zero-order chi connectivity index (χ0) is 19.6. The van der Waals surface area contributed by atoms with Gasteiger partial charge in [0, 0.05) is 30.8 Å². The van der Waals surface area contributed by atoms with Crippen molar-refractivity contribution in [2.45, 2.75) is 12.8 Å². The molecule has 0 atom stereocenters. The number of hydrogen-bond donors (Lipinski definition) is 2. The van der Waals surface area contributed by atoms with Crippen molar-refractivity contribution in [1.29, 1.82) is 0 Å². The van der Waals surface area contributed by atoms with Gasteiger partial charge in [-0.25, -0.2) is 4.79 Å². The predicted molar refractivity (Wildman–Crippen MR) is 98.0 cm³/mol. The van der Waals surface area contributed by atoms with Crippen molar-refractivity contribution in [1.82, 2.24) is 5.32 Å². The molecule has 0 saturated carbocycles. The first-order valence-corrected chi connectivity index (χ1v) is 8.40. The standard InChI is InChI=1S/C19H20N2O6/c22-18(15-11-16(19(23)24)13-17(12-15)21(25)26)20-8-4-9-27-10-7-14-5-2-1-3-6-14/h1-3,5-6,11-13H,4,7-10H2,(H,20,22)(H,23,24). The second-order valence-electron chi connectivity index (χ2n) is 5.79. The van der Waals surface area contributed by atoms with Gasteiger partial charge in [-0.15, -0.1) is 0 Å². The molecule has 2 rings (SSSR count). The highest BCUT2D eigenvalue weighted by Gasteiger charge is 2.17. The second kappa shape index (κ2) is 10.0. The van der Waals surface area contributed by atoms with Crippen LogP contribution in [0.5, 0.6) is 0 Å². The Labute approximate surface area is 155 Å². The van der Waals surface area contributed by atoms with Crippen LogP contribution in [0.4, 0.5) is 5.69 Å². The number of non-ortho nitro benzene ring substituents is 1. The summed E-state index contributed by atoms with van der Waals surface area (Å²) < 4.78 is 5.51. The minimum Gasteiger partial charge on any atom is -0.478 e. The van der Waals surface area contributed by atoms with E-state index in [1.807, 2.05) is 30.3 Å². The number of carboxylic acid groups (broad SMARTS) is 1. The summed E-state index contributed by atoms with van der Waals surface area (Å²) in [6.45, 7) is 1.35. The monoisotopic (exact) mass is 372 g/mol.